The van der Waals surface area contributed by atoms with Crippen LogP contribution >= 0.6 is 31.9 Å². The highest BCUT2D eigenvalue weighted by molar-refractivity contribution is 9.09. The first kappa shape index (κ1) is 1.42. The van der Waals surface area contributed by atoms with Gasteiger partial charge in [0.15, 0.2) is 0 Å². The van der Waals surface area contributed by atoms with Gasteiger partial charge in [-0.05, 0) is 12.7 Å². The summed E-state index contributed by atoms with van der Waals surface area (Å²) in [4.78, 5) is 0. The van der Waals surface area contributed by atoms with E-state index in [1.165, 1.54) is 0 Å². The molecule has 0 rings (SSSR count). The molecule has 0 saturated carbocycles. The van der Waals surface area contributed by atoms with Crippen LogP contribution in [0.15, 0.2) is 0 Å². The minimum Gasteiger partial charge on any atom is -0.0928 e. The second kappa shape index (κ2) is 7.96. The Morgan fingerprint density at radius 2 is 1.25 bits per heavy atom. The van der Waals surface area contributed by atoms with Gasteiger partial charge in [-0.2, -0.15) is 0 Å². The van der Waals surface area contributed by atoms with Crippen LogP contribution in [0.5, 0.6) is 0 Å². The first-order valence-electron chi connectivity index (χ1n) is 7.63. The van der Waals surface area contributed by atoms with Gasteiger partial charge in [0.05, 0.1) is 0 Å². The molecular weight excluding hydrogens is 232 g/mol. The predicted molar refractivity (Wildman–Crippen MR) is 46.1 cm³/mol. The molecule has 0 saturated heterocycles. The van der Waals surface area contributed by atoms with E-state index in [4.69, 9.17) is 16.4 Å². The molecule has 0 aromatic carbocycles. The maximum Gasteiger partial charge on any atom is 0.0387 e. The van der Waals surface area contributed by atoms with Gasteiger partial charge in [0, 0.05) is 27.0 Å². The number of rotatable bonds is 5. The van der Waals surface area contributed by atoms with Crippen molar-refractivity contribution in [2.45, 2.75) is 25.5 Å². The van der Waals surface area contributed by atoms with Gasteiger partial charge in [0.1, 0.15) is 0 Å². The van der Waals surface area contributed by atoms with E-state index in [0.29, 0.717) is 0 Å². The second-order valence-electron chi connectivity index (χ2n) is 0.689. The Balaban J connectivity index is 6.08. The fraction of sp³-hybridized carbons (Fsp3) is 1.00. The molecule has 0 spiro atoms. The fourth-order valence-corrected chi connectivity index (χ4v) is 0.308. The first-order valence-corrected chi connectivity index (χ1v) is 3.21. The molecule has 0 atom stereocenters. The Morgan fingerprint density at radius 1 is 0.875 bits per heavy atom. The standard InChI is InChI=1S/C6H12Br2/c7-5-3-1-2-4-6-8/h1-6H2/i1D2,2D2,3D2,4D2,5D2,6D2. The lowest BCUT2D eigenvalue weighted by atomic mass is 10.2. The maximum atomic E-state index is 7.54. The van der Waals surface area contributed by atoms with Crippen molar-refractivity contribution in [3.63, 3.8) is 0 Å². The summed E-state index contributed by atoms with van der Waals surface area (Å²) < 4.78 is 88.8. The molecule has 0 aliphatic heterocycles. The molecule has 0 aliphatic rings. The van der Waals surface area contributed by atoms with Crippen LogP contribution in [0.4, 0.5) is 0 Å². The topological polar surface area (TPSA) is 0 Å². The Bertz CT molecular complexity index is 327. The van der Waals surface area contributed by atoms with Crippen molar-refractivity contribution in [1.29, 1.82) is 0 Å². The zero-order valence-electron chi connectivity index (χ0n) is 15.8. The van der Waals surface area contributed by atoms with Crippen LogP contribution in [0.3, 0.4) is 0 Å². The van der Waals surface area contributed by atoms with Gasteiger partial charge >= 0.3 is 0 Å². The summed E-state index contributed by atoms with van der Waals surface area (Å²) in [5.41, 5.74) is 0. The van der Waals surface area contributed by atoms with E-state index in [2.05, 4.69) is 31.9 Å². The lowest BCUT2D eigenvalue weighted by Gasteiger charge is -1.92. The summed E-state index contributed by atoms with van der Waals surface area (Å²) >= 11 is 4.54. The minimum absolute atomic E-state index is 2.27. The average molecular weight is 256 g/mol. The van der Waals surface area contributed by atoms with E-state index in [-0.39, 0.29) is 0 Å². The van der Waals surface area contributed by atoms with E-state index < -0.39 is 36.1 Å². The quantitative estimate of drug-likeness (QED) is 0.662. The Hall–Kier alpha value is 0.960. The third-order valence-electron chi connectivity index (χ3n) is 0.282. The third-order valence-corrected chi connectivity index (χ3v) is 0.678. The van der Waals surface area contributed by atoms with E-state index in [1.54, 1.807) is 0 Å². The monoisotopic (exact) mass is 254 g/mol. The molecule has 8 heavy (non-hydrogen) atoms. The van der Waals surface area contributed by atoms with Gasteiger partial charge in [0.25, 0.3) is 0 Å². The normalized spacial score (nSPS) is 42.8. The summed E-state index contributed by atoms with van der Waals surface area (Å²) in [5.74, 6) is 0. The minimum atomic E-state index is -3.68. The van der Waals surface area contributed by atoms with E-state index in [1.807, 2.05) is 0 Å². The Morgan fingerprint density at radius 3 is 1.50 bits per heavy atom. The van der Waals surface area contributed by atoms with Crippen LogP contribution in [-0.2, 0) is 0 Å². The molecule has 0 bridgehead atoms. The van der Waals surface area contributed by atoms with Crippen molar-refractivity contribution in [3.8, 4) is 0 Å². The number of halogens is 2. The molecule has 2 heteroatoms. The second-order valence-corrected chi connectivity index (χ2v) is 1.48. The van der Waals surface area contributed by atoms with Crippen LogP contribution in [0.1, 0.15) is 41.9 Å². The summed E-state index contributed by atoms with van der Waals surface area (Å²) in [5, 5.41) is -5.99. The zero-order valence-corrected chi connectivity index (χ0v) is 6.93. The third kappa shape index (κ3) is 6.96. The predicted octanol–water partition coefficient (Wildman–Crippen LogP) is 3.34. The van der Waals surface area contributed by atoms with Crippen LogP contribution in [-0.4, -0.2) is 10.6 Å². The molecule has 0 aliphatic carbocycles. The van der Waals surface area contributed by atoms with Crippen molar-refractivity contribution < 1.29 is 16.4 Å². The molecular formula is C6H12Br2. The van der Waals surface area contributed by atoms with Crippen molar-refractivity contribution in [3.05, 3.63) is 0 Å². The number of hydrogen-bond donors (Lipinski definition) is 0. The molecule has 0 aromatic heterocycles. The molecule has 0 fully saturated rings. The molecule has 0 amide bonds. The van der Waals surface area contributed by atoms with Crippen LogP contribution in [0, 0.1) is 0 Å². The van der Waals surface area contributed by atoms with Crippen molar-refractivity contribution in [1.82, 2.24) is 0 Å². The molecule has 0 heterocycles. The van der Waals surface area contributed by atoms with Gasteiger partial charge in [-0.25, -0.2) is 0 Å². The SMILES string of the molecule is [2H]C([2H])(Br)C([2H])([2H])C([2H])([2H])C([2H])([2H])C([2H])([2H])C([2H])([2H])Br. The van der Waals surface area contributed by atoms with Crippen LogP contribution in [0.25, 0.3) is 0 Å². The Labute approximate surface area is 85.2 Å². The zero-order chi connectivity index (χ0) is 17.0. The summed E-state index contributed by atoms with van der Waals surface area (Å²) in [6.07, 6.45) is -14.3. The first-order chi connectivity index (χ1) is 8.25. The molecule has 0 unspecified atom stereocenters. The van der Waals surface area contributed by atoms with E-state index >= 15 is 0 Å². The van der Waals surface area contributed by atoms with Gasteiger partial charge in [-0.1, -0.05) is 44.6 Å². The highest BCUT2D eigenvalue weighted by atomic mass is 79.9. The van der Waals surface area contributed by atoms with Crippen molar-refractivity contribution >= 4 is 31.9 Å². The van der Waals surface area contributed by atoms with Gasteiger partial charge < -0.3 is 0 Å². The highest BCUT2D eigenvalue weighted by Crippen LogP contribution is 2.02. The number of alkyl halides is 2. The van der Waals surface area contributed by atoms with Gasteiger partial charge in [-0.15, -0.1) is 0 Å². The molecule has 0 aromatic rings. The smallest absolute Gasteiger partial charge is 0.0387 e. The summed E-state index contributed by atoms with van der Waals surface area (Å²) in [6, 6.07) is 0. The molecule has 0 N–H and O–H groups in total. The van der Waals surface area contributed by atoms with Gasteiger partial charge in [-0.3, -0.25) is 0 Å². The highest BCUT2D eigenvalue weighted by Gasteiger charge is 1.84. The van der Waals surface area contributed by atoms with Crippen LogP contribution < -0.4 is 0 Å². The average Bonchev–Trinajstić information content (AvgIpc) is 2.12. The fourth-order valence-electron chi connectivity index (χ4n) is 0.110. The number of hydrogen-bond acceptors (Lipinski definition) is 0. The summed E-state index contributed by atoms with van der Waals surface area (Å²) in [6.45, 7) is 0. The van der Waals surface area contributed by atoms with E-state index in [0.717, 1.165) is 0 Å². The molecule has 0 nitrogen and oxygen atoms in total. The van der Waals surface area contributed by atoms with Gasteiger partial charge in [0.2, 0.25) is 0 Å². The lowest BCUT2D eigenvalue weighted by molar-refractivity contribution is 0.715. The van der Waals surface area contributed by atoms with Crippen molar-refractivity contribution in [2.24, 2.45) is 0 Å². The van der Waals surface area contributed by atoms with Crippen LogP contribution in [0.2, 0.25) is 0 Å². The van der Waals surface area contributed by atoms with E-state index in [9.17, 15) is 0 Å². The lowest BCUT2D eigenvalue weighted by Crippen LogP contribution is -1.78. The maximum absolute atomic E-state index is 7.54. The Kier molecular flexibility index (Phi) is 1.42. The summed E-state index contributed by atoms with van der Waals surface area (Å²) in [7, 11) is 0. The largest absolute Gasteiger partial charge is 0.0928 e. The molecule has 50 valence electrons. The van der Waals surface area contributed by atoms with Crippen molar-refractivity contribution in [2.75, 3.05) is 10.6 Å². The molecule has 0 radical (unpaired) electrons.